The van der Waals surface area contributed by atoms with Crippen LogP contribution in [-0.2, 0) is 4.79 Å². The van der Waals surface area contributed by atoms with Crippen LogP contribution in [0.25, 0.3) is 0 Å². The van der Waals surface area contributed by atoms with Gasteiger partial charge >= 0.3 is 0 Å². The van der Waals surface area contributed by atoms with Gasteiger partial charge < -0.3 is 5.32 Å². The van der Waals surface area contributed by atoms with Crippen molar-refractivity contribution in [2.24, 2.45) is 5.92 Å². The molecule has 2 nitrogen and oxygen atoms in total. The first-order valence-electron chi connectivity index (χ1n) is 8.60. The highest BCUT2D eigenvalue weighted by atomic mass is 16.1. The van der Waals surface area contributed by atoms with Crippen molar-refractivity contribution in [3.05, 3.63) is 71.8 Å². The molecule has 1 atom stereocenters. The van der Waals surface area contributed by atoms with Crippen molar-refractivity contribution >= 4 is 5.91 Å². The minimum absolute atomic E-state index is 0.104. The van der Waals surface area contributed by atoms with Crippen molar-refractivity contribution in [1.82, 2.24) is 5.32 Å². The number of amides is 1. The van der Waals surface area contributed by atoms with Crippen molar-refractivity contribution < 1.29 is 4.79 Å². The third-order valence-corrected chi connectivity index (χ3v) is 4.31. The first-order valence-corrected chi connectivity index (χ1v) is 8.60. The van der Waals surface area contributed by atoms with E-state index in [1.165, 1.54) is 11.1 Å². The molecule has 0 radical (unpaired) electrons. The van der Waals surface area contributed by atoms with Gasteiger partial charge in [0, 0.05) is 18.4 Å². The summed E-state index contributed by atoms with van der Waals surface area (Å²) in [5.41, 5.74) is 2.60. The quantitative estimate of drug-likeness (QED) is 0.748. The van der Waals surface area contributed by atoms with Crippen LogP contribution >= 0.6 is 0 Å². The molecule has 0 aliphatic rings. The lowest BCUT2D eigenvalue weighted by molar-refractivity contribution is -0.124. The lowest BCUT2D eigenvalue weighted by Gasteiger charge is -2.19. The summed E-state index contributed by atoms with van der Waals surface area (Å²) in [6.45, 7) is 4.83. The predicted molar refractivity (Wildman–Crippen MR) is 96.4 cm³/mol. The highest BCUT2D eigenvalue weighted by molar-refractivity contribution is 5.78. The van der Waals surface area contributed by atoms with Gasteiger partial charge in [-0.2, -0.15) is 0 Å². The maximum atomic E-state index is 12.1. The monoisotopic (exact) mass is 309 g/mol. The topological polar surface area (TPSA) is 29.1 Å². The Hall–Kier alpha value is -2.09. The van der Waals surface area contributed by atoms with E-state index in [-0.39, 0.29) is 11.8 Å². The molecule has 0 aliphatic heterocycles. The Balaban J connectivity index is 2.01. The molecule has 0 aromatic heterocycles. The summed E-state index contributed by atoms with van der Waals surface area (Å²) >= 11 is 0. The van der Waals surface area contributed by atoms with Gasteiger partial charge in [-0.25, -0.2) is 0 Å². The molecule has 0 heterocycles. The van der Waals surface area contributed by atoms with E-state index in [1.54, 1.807) is 0 Å². The summed E-state index contributed by atoms with van der Waals surface area (Å²) in [5, 5.41) is 3.10. The fourth-order valence-electron chi connectivity index (χ4n) is 2.97. The van der Waals surface area contributed by atoms with Gasteiger partial charge in [0.1, 0.15) is 0 Å². The number of hydrogen-bond acceptors (Lipinski definition) is 1. The molecule has 2 heteroatoms. The third-order valence-electron chi connectivity index (χ3n) is 4.31. The first-order chi connectivity index (χ1) is 11.2. The number of benzene rings is 2. The van der Waals surface area contributed by atoms with E-state index < -0.39 is 0 Å². The molecular weight excluding hydrogens is 282 g/mol. The van der Waals surface area contributed by atoms with Crippen LogP contribution in [0.3, 0.4) is 0 Å². The van der Waals surface area contributed by atoms with Gasteiger partial charge in [0.25, 0.3) is 0 Å². The van der Waals surface area contributed by atoms with Crippen LogP contribution in [0.15, 0.2) is 60.7 Å². The summed E-state index contributed by atoms with van der Waals surface area (Å²) in [5.74, 6) is 0.595. The Morgan fingerprint density at radius 3 is 1.91 bits per heavy atom. The van der Waals surface area contributed by atoms with Gasteiger partial charge in [0.15, 0.2) is 0 Å². The highest BCUT2D eigenvalue weighted by Gasteiger charge is 2.15. The molecule has 23 heavy (non-hydrogen) atoms. The standard InChI is InChI=1S/C21H27NO/c1-3-10-17(2)21(23)22-16-15-20(18-11-6-4-7-12-18)19-13-8-5-9-14-19/h4-9,11-14,17,20H,3,10,15-16H2,1-2H3,(H,22,23). The van der Waals surface area contributed by atoms with Crippen LogP contribution < -0.4 is 5.32 Å². The lowest BCUT2D eigenvalue weighted by atomic mass is 9.88. The minimum atomic E-state index is 0.104. The smallest absolute Gasteiger partial charge is 0.222 e. The maximum Gasteiger partial charge on any atom is 0.222 e. The molecular formula is C21H27NO. The predicted octanol–water partition coefficient (Wildman–Crippen LogP) is 4.76. The zero-order valence-electron chi connectivity index (χ0n) is 14.2. The van der Waals surface area contributed by atoms with Crippen LogP contribution in [0.5, 0.6) is 0 Å². The van der Waals surface area contributed by atoms with Gasteiger partial charge in [0.2, 0.25) is 5.91 Å². The number of nitrogens with one attached hydrogen (secondary N) is 1. The Morgan fingerprint density at radius 1 is 0.913 bits per heavy atom. The second-order valence-corrected chi connectivity index (χ2v) is 6.14. The highest BCUT2D eigenvalue weighted by Crippen LogP contribution is 2.27. The second kappa shape index (κ2) is 9.14. The second-order valence-electron chi connectivity index (χ2n) is 6.14. The third kappa shape index (κ3) is 5.24. The van der Waals surface area contributed by atoms with Crippen LogP contribution in [0.1, 0.15) is 50.2 Å². The number of carbonyl (C=O) groups excluding carboxylic acids is 1. The van der Waals surface area contributed by atoms with Crippen molar-refractivity contribution in [3.63, 3.8) is 0 Å². The molecule has 1 N–H and O–H groups in total. The molecule has 0 aliphatic carbocycles. The van der Waals surface area contributed by atoms with Crippen LogP contribution in [0.2, 0.25) is 0 Å². The molecule has 0 spiro atoms. The Morgan fingerprint density at radius 2 is 1.43 bits per heavy atom. The normalized spacial score (nSPS) is 12.1. The lowest BCUT2D eigenvalue weighted by Crippen LogP contribution is -2.30. The Labute approximate surface area is 139 Å². The van der Waals surface area contributed by atoms with Crippen LogP contribution in [0, 0.1) is 5.92 Å². The van der Waals surface area contributed by atoms with E-state index >= 15 is 0 Å². The van der Waals surface area contributed by atoms with Crippen LogP contribution in [-0.4, -0.2) is 12.5 Å². The molecule has 0 saturated heterocycles. The molecule has 0 bridgehead atoms. The van der Waals surface area contributed by atoms with Crippen molar-refractivity contribution in [2.75, 3.05) is 6.54 Å². The summed E-state index contributed by atoms with van der Waals surface area (Å²) in [6.07, 6.45) is 2.91. The fourth-order valence-corrected chi connectivity index (χ4v) is 2.97. The maximum absolute atomic E-state index is 12.1. The van der Waals surface area contributed by atoms with Gasteiger partial charge in [-0.1, -0.05) is 80.9 Å². The van der Waals surface area contributed by atoms with Crippen LogP contribution in [0.4, 0.5) is 0 Å². The van der Waals surface area contributed by atoms with Crippen molar-refractivity contribution in [1.29, 1.82) is 0 Å². The molecule has 122 valence electrons. The van der Waals surface area contributed by atoms with E-state index in [0.717, 1.165) is 19.3 Å². The van der Waals surface area contributed by atoms with Gasteiger partial charge in [-0.3, -0.25) is 4.79 Å². The van der Waals surface area contributed by atoms with Gasteiger partial charge in [0.05, 0.1) is 0 Å². The molecule has 2 aromatic rings. The minimum Gasteiger partial charge on any atom is -0.356 e. The van der Waals surface area contributed by atoms with Crippen molar-refractivity contribution in [3.8, 4) is 0 Å². The Bertz CT molecular complexity index is 540. The van der Waals surface area contributed by atoms with E-state index in [9.17, 15) is 4.79 Å². The molecule has 1 amide bonds. The van der Waals surface area contributed by atoms with E-state index in [4.69, 9.17) is 0 Å². The van der Waals surface area contributed by atoms with Crippen molar-refractivity contribution in [2.45, 2.75) is 39.0 Å². The van der Waals surface area contributed by atoms with Gasteiger partial charge in [-0.05, 0) is 24.0 Å². The zero-order chi connectivity index (χ0) is 16.5. The molecule has 1 unspecified atom stereocenters. The number of hydrogen-bond donors (Lipinski definition) is 1. The number of rotatable bonds is 8. The average molecular weight is 309 g/mol. The largest absolute Gasteiger partial charge is 0.356 e. The molecule has 0 fully saturated rings. The van der Waals surface area contributed by atoms with Gasteiger partial charge in [-0.15, -0.1) is 0 Å². The van der Waals surface area contributed by atoms with E-state index in [2.05, 4.69) is 60.8 Å². The first kappa shape index (κ1) is 17.3. The Kier molecular flexibility index (Phi) is 6.86. The zero-order valence-corrected chi connectivity index (χ0v) is 14.2. The fraction of sp³-hybridized carbons (Fsp3) is 0.381. The van der Waals surface area contributed by atoms with E-state index in [1.807, 2.05) is 19.1 Å². The average Bonchev–Trinajstić information content (AvgIpc) is 2.60. The number of carbonyl (C=O) groups is 1. The summed E-state index contributed by atoms with van der Waals surface area (Å²) < 4.78 is 0. The molecule has 2 rings (SSSR count). The summed E-state index contributed by atoms with van der Waals surface area (Å²) in [4.78, 5) is 12.1. The summed E-state index contributed by atoms with van der Waals surface area (Å²) in [7, 11) is 0. The van der Waals surface area contributed by atoms with E-state index in [0.29, 0.717) is 12.5 Å². The summed E-state index contributed by atoms with van der Waals surface area (Å²) in [6, 6.07) is 21.1. The SMILES string of the molecule is CCCC(C)C(=O)NCCC(c1ccccc1)c1ccccc1. The molecule has 0 saturated carbocycles. The molecule has 2 aromatic carbocycles.